The molecule has 3 nitrogen and oxygen atoms in total. The maximum Gasteiger partial charge on any atom is 0.112 e. The van der Waals surface area contributed by atoms with Gasteiger partial charge in [0.25, 0.3) is 0 Å². The lowest BCUT2D eigenvalue weighted by Crippen LogP contribution is -2.08. The van der Waals surface area contributed by atoms with Gasteiger partial charge in [-0.2, -0.15) is 0 Å². The van der Waals surface area contributed by atoms with Crippen molar-refractivity contribution in [3.63, 3.8) is 0 Å². The van der Waals surface area contributed by atoms with Crippen LogP contribution in [0.1, 0.15) is 38.4 Å². The van der Waals surface area contributed by atoms with Gasteiger partial charge in [0.15, 0.2) is 0 Å². The van der Waals surface area contributed by atoms with Gasteiger partial charge in [0.1, 0.15) is 5.82 Å². The van der Waals surface area contributed by atoms with Crippen LogP contribution in [-0.2, 0) is 6.54 Å². The molecule has 1 heterocycles. The Morgan fingerprint density at radius 2 is 2.22 bits per heavy atom. The number of nitrogens with two attached hydrogens (primary N) is 1. The minimum Gasteiger partial charge on any atom is -0.330 e. The average Bonchev–Trinajstić information content (AvgIpc) is 2.73. The van der Waals surface area contributed by atoms with Gasteiger partial charge in [0, 0.05) is 17.5 Å². The zero-order valence-electron chi connectivity index (χ0n) is 11.0. The fraction of sp³-hybridized carbons (Fsp3) is 0.500. The fourth-order valence-electron chi connectivity index (χ4n) is 2.38. The third-order valence-electron chi connectivity index (χ3n) is 3.34. The molecule has 4 heteroatoms. The number of rotatable bonds is 5. The van der Waals surface area contributed by atoms with E-state index in [-0.39, 0.29) is 0 Å². The van der Waals surface area contributed by atoms with E-state index >= 15 is 0 Å². The number of benzene rings is 1. The second kappa shape index (κ2) is 5.72. The van der Waals surface area contributed by atoms with Crippen molar-refractivity contribution in [2.24, 2.45) is 5.73 Å². The summed E-state index contributed by atoms with van der Waals surface area (Å²) in [7, 11) is 0. The van der Waals surface area contributed by atoms with Crippen molar-refractivity contribution in [1.29, 1.82) is 0 Å². The van der Waals surface area contributed by atoms with E-state index in [2.05, 4.69) is 18.4 Å². The summed E-state index contributed by atoms with van der Waals surface area (Å²) in [4.78, 5) is 4.73. The number of aryl methyl sites for hydroxylation is 1. The summed E-state index contributed by atoms with van der Waals surface area (Å²) < 4.78 is 2.27. The molecule has 18 heavy (non-hydrogen) atoms. The Balaban J connectivity index is 2.43. The van der Waals surface area contributed by atoms with Crippen LogP contribution < -0.4 is 5.73 Å². The minimum absolute atomic E-state index is 0.430. The lowest BCUT2D eigenvalue weighted by molar-refractivity contribution is 0.574. The van der Waals surface area contributed by atoms with Crippen molar-refractivity contribution >= 4 is 22.6 Å². The van der Waals surface area contributed by atoms with E-state index in [9.17, 15) is 0 Å². The number of hydrogen-bond acceptors (Lipinski definition) is 2. The van der Waals surface area contributed by atoms with Crippen LogP contribution in [0.4, 0.5) is 0 Å². The molecular weight excluding hydrogens is 246 g/mol. The standard InChI is InChI=1S/C14H20ClN3/c1-3-18-13-7-6-11(15)9-12(13)17-14(18)10(2)5-4-8-16/h6-7,9-10H,3-5,8,16H2,1-2H3. The summed E-state index contributed by atoms with van der Waals surface area (Å²) in [5, 5.41) is 0.740. The van der Waals surface area contributed by atoms with Gasteiger partial charge in [-0.1, -0.05) is 18.5 Å². The highest BCUT2D eigenvalue weighted by Crippen LogP contribution is 2.26. The van der Waals surface area contributed by atoms with Gasteiger partial charge in [-0.05, 0) is 44.5 Å². The second-order valence-corrected chi connectivity index (χ2v) is 5.12. The fourth-order valence-corrected chi connectivity index (χ4v) is 2.55. The zero-order valence-corrected chi connectivity index (χ0v) is 11.7. The summed E-state index contributed by atoms with van der Waals surface area (Å²) in [5.41, 5.74) is 7.72. The molecule has 1 unspecified atom stereocenters. The maximum absolute atomic E-state index is 6.02. The van der Waals surface area contributed by atoms with Crippen LogP contribution in [0.25, 0.3) is 11.0 Å². The van der Waals surface area contributed by atoms with Gasteiger partial charge < -0.3 is 10.3 Å². The number of nitrogens with zero attached hydrogens (tertiary/aromatic N) is 2. The summed E-state index contributed by atoms with van der Waals surface area (Å²) >= 11 is 6.02. The van der Waals surface area contributed by atoms with Crippen molar-refractivity contribution in [2.75, 3.05) is 6.54 Å². The van der Waals surface area contributed by atoms with E-state index in [0.717, 1.165) is 47.8 Å². The molecule has 0 spiro atoms. The largest absolute Gasteiger partial charge is 0.330 e. The molecule has 2 N–H and O–H groups in total. The molecule has 0 saturated heterocycles. The predicted octanol–water partition coefficient (Wildman–Crippen LogP) is 3.55. The number of imidazole rings is 1. The molecule has 98 valence electrons. The van der Waals surface area contributed by atoms with E-state index in [4.69, 9.17) is 22.3 Å². The molecule has 1 atom stereocenters. The van der Waals surface area contributed by atoms with Crippen LogP contribution in [0.3, 0.4) is 0 Å². The molecule has 0 fully saturated rings. The first-order valence-corrected chi connectivity index (χ1v) is 6.91. The molecule has 1 aromatic carbocycles. The Morgan fingerprint density at radius 3 is 2.89 bits per heavy atom. The maximum atomic E-state index is 6.02. The van der Waals surface area contributed by atoms with Crippen molar-refractivity contribution in [1.82, 2.24) is 9.55 Å². The summed E-state index contributed by atoms with van der Waals surface area (Å²) in [6.07, 6.45) is 2.11. The van der Waals surface area contributed by atoms with Crippen molar-refractivity contribution < 1.29 is 0 Å². The number of aromatic nitrogens is 2. The first-order valence-electron chi connectivity index (χ1n) is 6.53. The van der Waals surface area contributed by atoms with Gasteiger partial charge in [-0.25, -0.2) is 4.98 Å². The minimum atomic E-state index is 0.430. The highest BCUT2D eigenvalue weighted by Gasteiger charge is 2.15. The van der Waals surface area contributed by atoms with Crippen LogP contribution >= 0.6 is 11.6 Å². The van der Waals surface area contributed by atoms with Gasteiger partial charge >= 0.3 is 0 Å². The van der Waals surface area contributed by atoms with E-state index in [0.29, 0.717) is 5.92 Å². The molecule has 0 radical (unpaired) electrons. The third kappa shape index (κ3) is 2.52. The highest BCUT2D eigenvalue weighted by molar-refractivity contribution is 6.31. The Morgan fingerprint density at radius 1 is 1.44 bits per heavy atom. The van der Waals surface area contributed by atoms with Crippen LogP contribution in [0.15, 0.2) is 18.2 Å². The molecule has 2 aromatic rings. The first-order chi connectivity index (χ1) is 8.67. The lowest BCUT2D eigenvalue weighted by Gasteiger charge is -2.12. The number of halogens is 1. The normalized spacial score (nSPS) is 13.1. The second-order valence-electron chi connectivity index (χ2n) is 4.68. The smallest absolute Gasteiger partial charge is 0.112 e. The third-order valence-corrected chi connectivity index (χ3v) is 3.57. The van der Waals surface area contributed by atoms with Gasteiger partial charge in [0.2, 0.25) is 0 Å². The molecule has 0 aliphatic rings. The first kappa shape index (κ1) is 13.4. The van der Waals surface area contributed by atoms with Gasteiger partial charge in [0.05, 0.1) is 11.0 Å². The molecule has 0 aliphatic carbocycles. The van der Waals surface area contributed by atoms with Gasteiger partial charge in [-0.15, -0.1) is 0 Å². The molecule has 0 saturated carbocycles. The number of fused-ring (bicyclic) bond motifs is 1. The Labute approximate surface area is 113 Å². The van der Waals surface area contributed by atoms with Crippen LogP contribution in [-0.4, -0.2) is 16.1 Å². The highest BCUT2D eigenvalue weighted by atomic mass is 35.5. The van der Waals surface area contributed by atoms with Crippen molar-refractivity contribution in [3.8, 4) is 0 Å². The molecule has 0 bridgehead atoms. The lowest BCUT2D eigenvalue weighted by atomic mass is 10.1. The predicted molar refractivity (Wildman–Crippen MR) is 77.1 cm³/mol. The van der Waals surface area contributed by atoms with Crippen LogP contribution in [0.2, 0.25) is 5.02 Å². The van der Waals surface area contributed by atoms with Gasteiger partial charge in [-0.3, -0.25) is 0 Å². The molecule has 1 aromatic heterocycles. The summed E-state index contributed by atoms with van der Waals surface area (Å²) in [6.45, 7) is 6.03. The van der Waals surface area contributed by atoms with E-state index < -0.39 is 0 Å². The molecular formula is C14H20ClN3. The topological polar surface area (TPSA) is 43.8 Å². The summed E-state index contributed by atoms with van der Waals surface area (Å²) in [5.74, 6) is 1.57. The van der Waals surface area contributed by atoms with E-state index in [1.807, 2.05) is 18.2 Å². The van der Waals surface area contributed by atoms with E-state index in [1.54, 1.807) is 0 Å². The Bertz CT molecular complexity index is 533. The van der Waals surface area contributed by atoms with Crippen LogP contribution in [0, 0.1) is 0 Å². The Hall–Kier alpha value is -1.06. The zero-order chi connectivity index (χ0) is 13.1. The van der Waals surface area contributed by atoms with Crippen LogP contribution in [0.5, 0.6) is 0 Å². The molecule has 2 rings (SSSR count). The quantitative estimate of drug-likeness (QED) is 0.898. The molecule has 0 amide bonds. The molecule has 0 aliphatic heterocycles. The average molecular weight is 266 g/mol. The van der Waals surface area contributed by atoms with Crippen molar-refractivity contribution in [3.05, 3.63) is 29.0 Å². The monoisotopic (exact) mass is 265 g/mol. The summed E-state index contributed by atoms with van der Waals surface area (Å²) in [6, 6.07) is 5.90. The number of hydrogen-bond donors (Lipinski definition) is 1. The Kier molecular flexibility index (Phi) is 4.25. The van der Waals surface area contributed by atoms with Crippen molar-refractivity contribution in [2.45, 2.75) is 39.2 Å². The SMILES string of the molecule is CCn1c(C(C)CCCN)nc2cc(Cl)ccc21. The van der Waals surface area contributed by atoms with E-state index in [1.165, 1.54) is 0 Å².